The van der Waals surface area contributed by atoms with Crippen LogP contribution in [0.25, 0.3) is 0 Å². The SMILES string of the molecule is C=C(OC(=O)CC(C)=O)C(N)=O. The molecule has 0 rings (SSSR count). The van der Waals surface area contributed by atoms with Crippen molar-refractivity contribution < 1.29 is 19.1 Å². The molecule has 5 nitrogen and oxygen atoms in total. The van der Waals surface area contributed by atoms with Crippen LogP contribution >= 0.6 is 0 Å². The zero-order valence-corrected chi connectivity index (χ0v) is 6.62. The fourth-order valence-corrected chi connectivity index (χ4v) is 0.427. The first kappa shape index (κ1) is 10.3. The summed E-state index contributed by atoms with van der Waals surface area (Å²) in [6.07, 6.45) is -0.383. The molecule has 0 aromatic heterocycles. The van der Waals surface area contributed by atoms with Crippen LogP contribution in [0.1, 0.15) is 13.3 Å². The van der Waals surface area contributed by atoms with Crippen molar-refractivity contribution in [3.05, 3.63) is 12.3 Å². The fraction of sp³-hybridized carbons (Fsp3) is 0.286. The molecule has 12 heavy (non-hydrogen) atoms. The van der Waals surface area contributed by atoms with Crippen LogP contribution in [0, 0.1) is 0 Å². The topological polar surface area (TPSA) is 86.5 Å². The van der Waals surface area contributed by atoms with E-state index < -0.39 is 17.6 Å². The summed E-state index contributed by atoms with van der Waals surface area (Å²) in [4.78, 5) is 31.3. The first-order chi connectivity index (χ1) is 5.43. The highest BCUT2D eigenvalue weighted by Gasteiger charge is 2.11. The number of ketones is 1. The average molecular weight is 171 g/mol. The lowest BCUT2D eigenvalue weighted by Gasteiger charge is -2.00. The summed E-state index contributed by atoms with van der Waals surface area (Å²) in [6.45, 7) is 4.30. The summed E-state index contributed by atoms with van der Waals surface area (Å²) in [5.41, 5.74) is 4.71. The molecule has 0 aliphatic carbocycles. The van der Waals surface area contributed by atoms with Gasteiger partial charge in [0.05, 0.1) is 0 Å². The van der Waals surface area contributed by atoms with Crippen molar-refractivity contribution in [2.45, 2.75) is 13.3 Å². The number of Topliss-reactive ketones (excluding diaryl/α,β-unsaturated/α-hetero) is 1. The molecule has 2 N–H and O–H groups in total. The number of ether oxygens (including phenoxy) is 1. The predicted octanol–water partition coefficient (Wildman–Crippen LogP) is -0.492. The van der Waals surface area contributed by atoms with Crippen molar-refractivity contribution in [2.24, 2.45) is 5.73 Å². The Balaban J connectivity index is 3.94. The van der Waals surface area contributed by atoms with Gasteiger partial charge in [0, 0.05) is 0 Å². The van der Waals surface area contributed by atoms with E-state index in [1.807, 2.05) is 0 Å². The molecule has 0 atom stereocenters. The van der Waals surface area contributed by atoms with E-state index in [4.69, 9.17) is 5.73 Å². The van der Waals surface area contributed by atoms with Crippen LogP contribution < -0.4 is 5.73 Å². The monoisotopic (exact) mass is 171 g/mol. The van der Waals surface area contributed by atoms with Crippen LogP contribution in [0.3, 0.4) is 0 Å². The van der Waals surface area contributed by atoms with Gasteiger partial charge in [-0.2, -0.15) is 0 Å². The van der Waals surface area contributed by atoms with Gasteiger partial charge in [-0.3, -0.25) is 14.4 Å². The highest BCUT2D eigenvalue weighted by atomic mass is 16.5. The molecule has 0 aromatic carbocycles. The molecule has 5 heteroatoms. The van der Waals surface area contributed by atoms with Crippen LogP contribution in [0.5, 0.6) is 0 Å². The normalized spacial score (nSPS) is 8.75. The van der Waals surface area contributed by atoms with E-state index in [-0.39, 0.29) is 12.2 Å². The molecule has 0 bridgehead atoms. The van der Waals surface area contributed by atoms with E-state index in [9.17, 15) is 14.4 Å². The largest absolute Gasteiger partial charge is 0.421 e. The average Bonchev–Trinajstić information content (AvgIpc) is 1.84. The third-order valence-corrected chi connectivity index (χ3v) is 0.905. The van der Waals surface area contributed by atoms with Gasteiger partial charge in [-0.05, 0) is 6.92 Å². The first-order valence-electron chi connectivity index (χ1n) is 3.12. The third-order valence-electron chi connectivity index (χ3n) is 0.905. The van der Waals surface area contributed by atoms with Gasteiger partial charge in [0.1, 0.15) is 12.2 Å². The van der Waals surface area contributed by atoms with Crippen molar-refractivity contribution in [3.8, 4) is 0 Å². The molecule has 0 radical (unpaired) electrons. The van der Waals surface area contributed by atoms with Gasteiger partial charge in [-0.25, -0.2) is 0 Å². The Kier molecular flexibility index (Phi) is 3.69. The van der Waals surface area contributed by atoms with Gasteiger partial charge in [0.15, 0.2) is 5.76 Å². The number of hydrogen-bond donors (Lipinski definition) is 1. The van der Waals surface area contributed by atoms with Crippen molar-refractivity contribution in [2.75, 3.05) is 0 Å². The highest BCUT2D eigenvalue weighted by molar-refractivity contribution is 5.97. The summed E-state index contributed by atoms with van der Waals surface area (Å²) >= 11 is 0. The van der Waals surface area contributed by atoms with Crippen LogP contribution in [-0.2, 0) is 19.1 Å². The molecule has 66 valence electrons. The lowest BCUT2D eigenvalue weighted by Crippen LogP contribution is -2.19. The van der Waals surface area contributed by atoms with Crippen molar-refractivity contribution in [3.63, 3.8) is 0 Å². The smallest absolute Gasteiger partial charge is 0.318 e. The zero-order valence-electron chi connectivity index (χ0n) is 6.62. The van der Waals surface area contributed by atoms with Crippen molar-refractivity contribution in [1.82, 2.24) is 0 Å². The molecule has 0 aromatic rings. The van der Waals surface area contributed by atoms with Gasteiger partial charge in [-0.1, -0.05) is 6.58 Å². The van der Waals surface area contributed by atoms with Gasteiger partial charge >= 0.3 is 5.97 Å². The van der Waals surface area contributed by atoms with Crippen molar-refractivity contribution >= 4 is 17.7 Å². The van der Waals surface area contributed by atoms with E-state index in [1.54, 1.807) is 0 Å². The maximum atomic E-state index is 10.7. The fourth-order valence-electron chi connectivity index (χ4n) is 0.427. The molecule has 0 unspecified atom stereocenters. The second kappa shape index (κ2) is 4.27. The van der Waals surface area contributed by atoms with E-state index in [0.29, 0.717) is 0 Å². The van der Waals surface area contributed by atoms with E-state index >= 15 is 0 Å². The van der Waals surface area contributed by atoms with Gasteiger partial charge in [-0.15, -0.1) is 0 Å². The van der Waals surface area contributed by atoms with Crippen molar-refractivity contribution in [1.29, 1.82) is 0 Å². The number of carbonyl (C=O) groups excluding carboxylic acids is 3. The quantitative estimate of drug-likeness (QED) is 0.267. The first-order valence-corrected chi connectivity index (χ1v) is 3.12. The molecule has 0 saturated heterocycles. The minimum absolute atomic E-state index is 0.350. The maximum absolute atomic E-state index is 10.7. The Hall–Kier alpha value is -1.65. The van der Waals surface area contributed by atoms with Gasteiger partial charge < -0.3 is 10.5 Å². The molecule has 1 amide bonds. The molecule has 0 saturated carbocycles. The van der Waals surface area contributed by atoms with E-state index in [1.165, 1.54) is 6.92 Å². The summed E-state index contributed by atoms with van der Waals surface area (Å²) in [5, 5.41) is 0. The lowest BCUT2D eigenvalue weighted by atomic mass is 10.3. The standard InChI is InChI=1S/C7H9NO4/c1-4(9)3-6(10)12-5(2)7(8)11/h2-3H2,1H3,(H2,8,11). The number of primary amides is 1. The minimum atomic E-state index is -0.924. The number of hydrogen-bond acceptors (Lipinski definition) is 4. The molecule has 0 aliphatic rings. The lowest BCUT2D eigenvalue weighted by molar-refractivity contribution is -0.144. The summed E-state index contributed by atoms with van der Waals surface area (Å²) in [7, 11) is 0. The Morgan fingerprint density at radius 1 is 1.42 bits per heavy atom. The van der Waals surface area contributed by atoms with Crippen LogP contribution in [0.2, 0.25) is 0 Å². The van der Waals surface area contributed by atoms with Gasteiger partial charge in [0.2, 0.25) is 0 Å². The summed E-state index contributed by atoms with van der Waals surface area (Å²) in [5.74, 6) is -2.56. The second-order valence-electron chi connectivity index (χ2n) is 2.14. The predicted molar refractivity (Wildman–Crippen MR) is 39.7 cm³/mol. The number of nitrogens with two attached hydrogens (primary N) is 1. The summed E-state index contributed by atoms with van der Waals surface area (Å²) in [6, 6.07) is 0. The van der Waals surface area contributed by atoms with E-state index in [2.05, 4.69) is 11.3 Å². The Morgan fingerprint density at radius 3 is 2.25 bits per heavy atom. The van der Waals surface area contributed by atoms with E-state index in [0.717, 1.165) is 0 Å². The maximum Gasteiger partial charge on any atom is 0.318 e. The Morgan fingerprint density at radius 2 is 1.92 bits per heavy atom. The number of esters is 1. The second-order valence-corrected chi connectivity index (χ2v) is 2.14. The number of amides is 1. The minimum Gasteiger partial charge on any atom is -0.421 e. The Bertz CT molecular complexity index is 244. The van der Waals surface area contributed by atoms with Crippen LogP contribution in [-0.4, -0.2) is 17.7 Å². The highest BCUT2D eigenvalue weighted by Crippen LogP contribution is 1.96. The molecular formula is C7H9NO4. The van der Waals surface area contributed by atoms with Crippen LogP contribution in [0.15, 0.2) is 12.3 Å². The molecule has 0 heterocycles. The molecular weight excluding hydrogens is 162 g/mol. The van der Waals surface area contributed by atoms with Gasteiger partial charge in [0.25, 0.3) is 5.91 Å². The molecule has 0 fully saturated rings. The molecule has 0 aliphatic heterocycles. The number of carbonyl (C=O) groups is 3. The summed E-state index contributed by atoms with van der Waals surface area (Å²) < 4.78 is 4.29. The van der Waals surface area contributed by atoms with Crippen LogP contribution in [0.4, 0.5) is 0 Å². The number of rotatable bonds is 4. The Labute approximate surface area is 69.2 Å². The zero-order chi connectivity index (χ0) is 9.72. The third kappa shape index (κ3) is 4.21. The molecule has 0 spiro atoms.